The van der Waals surface area contributed by atoms with E-state index >= 15 is 0 Å². The van der Waals surface area contributed by atoms with Crippen molar-refractivity contribution in [1.29, 1.82) is 0 Å². The van der Waals surface area contributed by atoms with Crippen molar-refractivity contribution in [3.8, 4) is 0 Å². The topological polar surface area (TPSA) is 20.2 Å². The van der Waals surface area contributed by atoms with Crippen molar-refractivity contribution in [3.63, 3.8) is 0 Å². The third kappa shape index (κ3) is 3.67. The van der Waals surface area contributed by atoms with Gasteiger partial charge in [0.15, 0.2) is 0 Å². The van der Waals surface area contributed by atoms with Gasteiger partial charge < -0.3 is 5.11 Å². The van der Waals surface area contributed by atoms with Crippen LogP contribution in [0.5, 0.6) is 0 Å². The van der Waals surface area contributed by atoms with Gasteiger partial charge in [-0.2, -0.15) is 0 Å². The molecule has 1 rings (SSSR count). The molecule has 0 aliphatic rings. The monoisotopic (exact) mass is 216 g/mol. The molecule has 86 valence electrons. The van der Waals surface area contributed by atoms with Gasteiger partial charge in [0, 0.05) is 0 Å². The standard InChI is InChI=1S/C15H20O/c1-11(2)14(10-15(4,5)16)13-8-6-12(3)7-9-13/h6-10,16H,1H2,2-5H3/b14-10+. The molecule has 0 aliphatic heterocycles. The number of hydrogen-bond acceptors (Lipinski definition) is 1. The zero-order valence-corrected chi connectivity index (χ0v) is 10.5. The van der Waals surface area contributed by atoms with Gasteiger partial charge in [0.25, 0.3) is 0 Å². The Kier molecular flexibility index (Phi) is 3.71. The number of aryl methyl sites for hydroxylation is 1. The quantitative estimate of drug-likeness (QED) is 0.763. The molecule has 0 amide bonds. The van der Waals surface area contributed by atoms with E-state index in [9.17, 15) is 5.11 Å². The van der Waals surface area contributed by atoms with Crippen LogP contribution < -0.4 is 0 Å². The molecule has 1 aromatic rings. The second-order valence-corrected chi connectivity index (χ2v) is 4.86. The zero-order chi connectivity index (χ0) is 12.3. The molecule has 0 bridgehead atoms. The summed E-state index contributed by atoms with van der Waals surface area (Å²) in [5, 5.41) is 9.84. The van der Waals surface area contributed by atoms with Crippen molar-refractivity contribution >= 4 is 5.57 Å². The fraction of sp³-hybridized carbons (Fsp3) is 0.333. The summed E-state index contributed by atoms with van der Waals surface area (Å²) in [4.78, 5) is 0. The molecule has 0 unspecified atom stereocenters. The van der Waals surface area contributed by atoms with Crippen molar-refractivity contribution < 1.29 is 5.11 Å². The smallest absolute Gasteiger partial charge is 0.0780 e. The summed E-state index contributed by atoms with van der Waals surface area (Å²) in [6.07, 6.45) is 1.85. The largest absolute Gasteiger partial charge is 0.386 e. The molecule has 0 heterocycles. The van der Waals surface area contributed by atoms with Crippen LogP contribution in [0.1, 0.15) is 31.9 Å². The highest BCUT2D eigenvalue weighted by molar-refractivity contribution is 5.78. The van der Waals surface area contributed by atoms with Crippen LogP contribution in [0.3, 0.4) is 0 Å². The van der Waals surface area contributed by atoms with Crippen LogP contribution in [0.25, 0.3) is 5.57 Å². The fourth-order valence-corrected chi connectivity index (χ4v) is 1.54. The number of aliphatic hydroxyl groups is 1. The molecular formula is C15H20O. The van der Waals surface area contributed by atoms with Crippen LogP contribution >= 0.6 is 0 Å². The van der Waals surface area contributed by atoms with E-state index < -0.39 is 5.60 Å². The van der Waals surface area contributed by atoms with Gasteiger partial charge in [-0.05, 0) is 44.9 Å². The predicted octanol–water partition coefficient (Wildman–Crippen LogP) is 3.73. The van der Waals surface area contributed by atoms with Crippen LogP contribution in [0, 0.1) is 6.92 Å². The van der Waals surface area contributed by atoms with E-state index in [4.69, 9.17) is 0 Å². The molecular weight excluding hydrogens is 196 g/mol. The zero-order valence-electron chi connectivity index (χ0n) is 10.5. The summed E-state index contributed by atoms with van der Waals surface area (Å²) in [7, 11) is 0. The molecule has 1 N–H and O–H groups in total. The maximum Gasteiger partial charge on any atom is 0.0780 e. The second-order valence-electron chi connectivity index (χ2n) is 4.86. The molecule has 0 aromatic heterocycles. The van der Waals surface area contributed by atoms with Gasteiger partial charge in [-0.1, -0.05) is 42.0 Å². The minimum atomic E-state index is -0.820. The summed E-state index contributed by atoms with van der Waals surface area (Å²) < 4.78 is 0. The molecule has 0 aliphatic carbocycles. The van der Waals surface area contributed by atoms with E-state index in [0.717, 1.165) is 16.7 Å². The van der Waals surface area contributed by atoms with Crippen molar-refractivity contribution in [2.75, 3.05) is 0 Å². The third-order valence-electron chi connectivity index (χ3n) is 2.32. The Bertz CT molecular complexity index is 402. The van der Waals surface area contributed by atoms with Gasteiger partial charge in [-0.15, -0.1) is 0 Å². The van der Waals surface area contributed by atoms with Crippen LogP contribution in [0.15, 0.2) is 42.5 Å². The maximum atomic E-state index is 9.84. The maximum absolute atomic E-state index is 9.84. The van der Waals surface area contributed by atoms with E-state index in [1.807, 2.05) is 13.0 Å². The van der Waals surface area contributed by atoms with Crippen LogP contribution in [0.2, 0.25) is 0 Å². The number of hydrogen-bond donors (Lipinski definition) is 1. The highest BCUT2D eigenvalue weighted by atomic mass is 16.3. The molecule has 1 nitrogen and oxygen atoms in total. The summed E-state index contributed by atoms with van der Waals surface area (Å²) >= 11 is 0. The van der Waals surface area contributed by atoms with Crippen LogP contribution in [-0.4, -0.2) is 10.7 Å². The second kappa shape index (κ2) is 4.67. The molecule has 0 radical (unpaired) electrons. The van der Waals surface area contributed by atoms with Gasteiger partial charge in [0.2, 0.25) is 0 Å². The first kappa shape index (κ1) is 12.7. The highest BCUT2D eigenvalue weighted by Crippen LogP contribution is 2.24. The molecule has 1 heteroatoms. The summed E-state index contributed by atoms with van der Waals surface area (Å²) in [5.74, 6) is 0. The Hall–Kier alpha value is -1.34. The molecule has 0 spiro atoms. The molecule has 0 fully saturated rings. The first-order valence-corrected chi connectivity index (χ1v) is 5.48. The molecule has 0 saturated carbocycles. The van der Waals surface area contributed by atoms with Gasteiger partial charge in [-0.25, -0.2) is 0 Å². The average molecular weight is 216 g/mol. The first-order chi connectivity index (χ1) is 7.29. The van der Waals surface area contributed by atoms with Crippen molar-refractivity contribution in [2.24, 2.45) is 0 Å². The lowest BCUT2D eigenvalue weighted by Gasteiger charge is -2.16. The van der Waals surface area contributed by atoms with Crippen molar-refractivity contribution in [2.45, 2.75) is 33.3 Å². The Morgan fingerprint density at radius 2 is 1.75 bits per heavy atom. The molecule has 0 atom stereocenters. The third-order valence-corrected chi connectivity index (χ3v) is 2.32. The number of rotatable bonds is 3. The Morgan fingerprint density at radius 3 is 2.12 bits per heavy atom. The predicted molar refractivity (Wildman–Crippen MR) is 70.3 cm³/mol. The Morgan fingerprint density at radius 1 is 1.25 bits per heavy atom. The van der Waals surface area contributed by atoms with Crippen LogP contribution in [-0.2, 0) is 0 Å². The molecule has 0 saturated heterocycles. The minimum absolute atomic E-state index is 0.820. The Labute approximate surface area is 98.1 Å². The van der Waals surface area contributed by atoms with Gasteiger partial charge >= 0.3 is 0 Å². The van der Waals surface area contributed by atoms with Gasteiger partial charge in [0.1, 0.15) is 0 Å². The van der Waals surface area contributed by atoms with Crippen molar-refractivity contribution in [1.82, 2.24) is 0 Å². The van der Waals surface area contributed by atoms with Gasteiger partial charge in [0.05, 0.1) is 5.60 Å². The van der Waals surface area contributed by atoms with E-state index in [-0.39, 0.29) is 0 Å². The normalized spacial score (nSPS) is 12.7. The number of allylic oxidation sites excluding steroid dienone is 2. The Balaban J connectivity index is 3.19. The van der Waals surface area contributed by atoms with E-state index in [2.05, 4.69) is 37.8 Å². The SMILES string of the molecule is C=C(C)/C(=C\C(C)(C)O)c1ccc(C)cc1. The highest BCUT2D eigenvalue weighted by Gasteiger charge is 2.12. The van der Waals surface area contributed by atoms with E-state index in [0.29, 0.717) is 0 Å². The fourth-order valence-electron chi connectivity index (χ4n) is 1.54. The van der Waals surface area contributed by atoms with Crippen LogP contribution in [0.4, 0.5) is 0 Å². The van der Waals surface area contributed by atoms with Gasteiger partial charge in [-0.3, -0.25) is 0 Å². The summed E-state index contributed by atoms with van der Waals surface area (Å²) in [6.45, 7) is 11.5. The van der Waals surface area contributed by atoms with Crippen molar-refractivity contribution in [3.05, 3.63) is 53.6 Å². The lowest BCUT2D eigenvalue weighted by Crippen LogP contribution is -2.15. The minimum Gasteiger partial charge on any atom is -0.386 e. The first-order valence-electron chi connectivity index (χ1n) is 5.48. The summed E-state index contributed by atoms with van der Waals surface area (Å²) in [6, 6.07) is 8.25. The molecule has 16 heavy (non-hydrogen) atoms. The lowest BCUT2D eigenvalue weighted by molar-refractivity contribution is 0.133. The summed E-state index contributed by atoms with van der Waals surface area (Å²) in [5.41, 5.74) is 3.48. The lowest BCUT2D eigenvalue weighted by atomic mass is 9.94. The van der Waals surface area contributed by atoms with E-state index in [1.165, 1.54) is 5.56 Å². The van der Waals surface area contributed by atoms with E-state index in [1.54, 1.807) is 13.8 Å². The number of benzene rings is 1. The molecule has 1 aromatic carbocycles. The average Bonchev–Trinajstić information content (AvgIpc) is 2.14.